The van der Waals surface area contributed by atoms with Crippen molar-refractivity contribution in [2.24, 2.45) is 11.8 Å². The molecule has 5 aliphatic rings. The topological polar surface area (TPSA) is 129 Å². The predicted octanol–water partition coefficient (Wildman–Crippen LogP) is 10.3. The Kier molecular flexibility index (Phi) is 15.2. The number of halogens is 4. The molecule has 4 atom stereocenters. The van der Waals surface area contributed by atoms with E-state index in [-0.39, 0.29) is 53.1 Å². The molecule has 68 heavy (non-hydrogen) atoms. The maximum Gasteiger partial charge on any atom is 0.408 e. The van der Waals surface area contributed by atoms with Gasteiger partial charge in [0.1, 0.15) is 24.6 Å². The first-order valence-corrected chi connectivity index (χ1v) is 24.5. The SMILES string of the molecule is O=C(N[C@@H](c1ccccc1)c1cccc(OCc2cccc(C(=O)N3CCS[C@H]3C(=O)O[C@@H](Cc3c(Cl)cncc3Cl)c3ccc(OC(F)F)c(OCC4CC4)c3)c2)c1)O[C@H]1CN2CCC1CC2. The number of nitrogens with zero attached hydrogens (tertiary/aromatic N) is 3. The maximum atomic E-state index is 14.2. The van der Waals surface area contributed by atoms with E-state index in [1.165, 1.54) is 47.3 Å². The van der Waals surface area contributed by atoms with E-state index in [1.54, 1.807) is 18.2 Å². The summed E-state index contributed by atoms with van der Waals surface area (Å²) in [5.41, 5.74) is 3.65. The number of aromatic nitrogens is 1. The van der Waals surface area contributed by atoms with E-state index in [0.717, 1.165) is 62.0 Å². The van der Waals surface area contributed by atoms with Gasteiger partial charge in [0.15, 0.2) is 16.9 Å². The molecule has 0 unspecified atom stereocenters. The Morgan fingerprint density at radius 1 is 0.809 bits per heavy atom. The number of fused-ring (bicyclic) bond motifs is 3. The molecule has 1 aromatic heterocycles. The normalized spacial score (nSPS) is 20.6. The minimum Gasteiger partial charge on any atom is -0.489 e. The van der Waals surface area contributed by atoms with Crippen LogP contribution in [0.5, 0.6) is 17.2 Å². The standard InChI is InChI=1S/C51H50Cl2F2N4O8S/c52-40-26-56-27-41(53)39(40)25-43(35-14-15-42(66-50(54)55)44(24-35)64-29-31-12-13-31)65-49(61)48-59(20-21-68-48)47(60)37-10-4-6-32(22-37)30-63-38-11-5-9-36(23-38)46(34-7-2-1-3-8-34)57-51(62)67-45-28-58-18-16-33(45)17-19-58/h1-11,14-15,22-24,26-27,31,33,43,45-46,48,50H,12-13,16-21,25,28-30H2,(H,57,62)/t43-,45-,46-,48-/m0/s1. The van der Waals surface area contributed by atoms with Gasteiger partial charge in [0, 0.05) is 43.2 Å². The lowest BCUT2D eigenvalue weighted by Crippen LogP contribution is -2.52. The highest BCUT2D eigenvalue weighted by atomic mass is 35.5. The van der Waals surface area contributed by atoms with Crippen molar-refractivity contribution < 1.29 is 46.8 Å². The number of piperidine rings is 3. The molecular formula is C51H50Cl2F2N4O8S. The Labute approximate surface area is 407 Å². The van der Waals surface area contributed by atoms with Crippen LogP contribution in [-0.2, 0) is 27.3 Å². The second-order valence-corrected chi connectivity index (χ2v) is 19.4. The average Bonchev–Trinajstić information content (AvgIpc) is 4.05. The summed E-state index contributed by atoms with van der Waals surface area (Å²) < 4.78 is 56.0. The number of hydrogen-bond acceptors (Lipinski definition) is 11. The number of carbonyl (C=O) groups is 3. The van der Waals surface area contributed by atoms with Gasteiger partial charge in [-0.15, -0.1) is 11.8 Å². The molecule has 4 aliphatic heterocycles. The Morgan fingerprint density at radius 3 is 2.31 bits per heavy atom. The zero-order chi connectivity index (χ0) is 47.1. The summed E-state index contributed by atoms with van der Waals surface area (Å²) >= 11 is 14.3. The third-order valence-corrected chi connectivity index (χ3v) is 14.5. The molecule has 12 nitrogen and oxygen atoms in total. The molecule has 356 valence electrons. The average molecular weight is 988 g/mol. The van der Waals surface area contributed by atoms with Crippen LogP contribution >= 0.6 is 35.0 Å². The molecule has 4 aromatic carbocycles. The number of amides is 2. The van der Waals surface area contributed by atoms with E-state index in [2.05, 4.69) is 15.2 Å². The lowest BCUT2D eigenvalue weighted by atomic mass is 9.86. The minimum absolute atomic E-state index is 0.00898. The zero-order valence-electron chi connectivity index (χ0n) is 36.9. The van der Waals surface area contributed by atoms with Crippen LogP contribution in [0.25, 0.3) is 0 Å². The molecule has 4 saturated heterocycles. The molecule has 1 saturated carbocycles. The molecule has 5 fully saturated rings. The summed E-state index contributed by atoms with van der Waals surface area (Å²) in [6.07, 6.45) is 5.25. The highest BCUT2D eigenvalue weighted by molar-refractivity contribution is 8.00. The largest absolute Gasteiger partial charge is 0.489 e. The van der Waals surface area contributed by atoms with Gasteiger partial charge in [-0.25, -0.2) is 9.59 Å². The minimum atomic E-state index is -3.08. The van der Waals surface area contributed by atoms with Crippen molar-refractivity contribution in [3.8, 4) is 17.2 Å². The number of alkyl carbamates (subject to hydrolysis) is 1. The summed E-state index contributed by atoms with van der Waals surface area (Å²) in [6.45, 7) is 0.503. The second kappa shape index (κ2) is 21.8. The lowest BCUT2D eigenvalue weighted by Gasteiger charge is -2.43. The van der Waals surface area contributed by atoms with E-state index in [0.29, 0.717) is 46.6 Å². The van der Waals surface area contributed by atoms with Crippen molar-refractivity contribution in [2.45, 2.75) is 68.9 Å². The molecule has 17 heteroatoms. The third-order valence-electron chi connectivity index (χ3n) is 12.7. The van der Waals surface area contributed by atoms with E-state index < -0.39 is 36.2 Å². The number of rotatable bonds is 18. The number of alkyl halides is 2. The first kappa shape index (κ1) is 47.5. The maximum absolute atomic E-state index is 14.2. The zero-order valence-corrected chi connectivity index (χ0v) is 39.3. The molecule has 1 N–H and O–H groups in total. The fraction of sp³-hybridized carbons (Fsp3) is 0.373. The number of thioether (sulfide) groups is 1. The summed E-state index contributed by atoms with van der Waals surface area (Å²) in [5, 5.41) is 2.60. The van der Waals surface area contributed by atoms with Gasteiger partial charge in [0.25, 0.3) is 5.91 Å². The van der Waals surface area contributed by atoms with Gasteiger partial charge < -0.3 is 33.9 Å². The Morgan fingerprint density at radius 2 is 1.57 bits per heavy atom. The van der Waals surface area contributed by atoms with Gasteiger partial charge in [-0.2, -0.15) is 8.78 Å². The predicted molar refractivity (Wildman–Crippen MR) is 253 cm³/mol. The van der Waals surface area contributed by atoms with Crippen molar-refractivity contribution in [2.75, 3.05) is 38.5 Å². The number of esters is 1. The van der Waals surface area contributed by atoms with Crippen molar-refractivity contribution in [3.05, 3.63) is 153 Å². The monoisotopic (exact) mass is 986 g/mol. The number of carbonyl (C=O) groups excluding carboxylic acids is 3. The molecule has 10 rings (SSSR count). The van der Waals surface area contributed by atoms with Gasteiger partial charge in [0.05, 0.1) is 22.7 Å². The number of ether oxygens (including phenoxy) is 5. The Balaban J connectivity index is 0.878. The van der Waals surface area contributed by atoms with Crippen LogP contribution in [0, 0.1) is 11.8 Å². The van der Waals surface area contributed by atoms with E-state index >= 15 is 0 Å². The fourth-order valence-corrected chi connectivity index (χ4v) is 10.5. The van der Waals surface area contributed by atoms with Crippen molar-refractivity contribution >= 4 is 52.9 Å². The van der Waals surface area contributed by atoms with Crippen LogP contribution < -0.4 is 19.5 Å². The van der Waals surface area contributed by atoms with Crippen LogP contribution in [0.4, 0.5) is 13.6 Å². The van der Waals surface area contributed by atoms with Crippen LogP contribution in [0.1, 0.15) is 76.0 Å². The molecule has 1 aliphatic carbocycles. The number of nitrogens with one attached hydrogen (secondary N) is 1. The number of hydrogen-bond donors (Lipinski definition) is 1. The third kappa shape index (κ3) is 11.8. The first-order chi connectivity index (χ1) is 33.0. The molecule has 5 heterocycles. The highest BCUT2D eigenvalue weighted by Gasteiger charge is 2.39. The van der Waals surface area contributed by atoms with Gasteiger partial charge in [0.2, 0.25) is 0 Å². The molecule has 0 radical (unpaired) electrons. The van der Waals surface area contributed by atoms with Crippen molar-refractivity contribution in [1.29, 1.82) is 0 Å². The summed E-state index contributed by atoms with van der Waals surface area (Å²) in [5.74, 6) is 0.607. The molecule has 0 spiro atoms. The summed E-state index contributed by atoms with van der Waals surface area (Å²) in [7, 11) is 0. The van der Waals surface area contributed by atoms with Gasteiger partial charge in [-0.05, 0) is 115 Å². The van der Waals surface area contributed by atoms with E-state index in [9.17, 15) is 23.2 Å². The van der Waals surface area contributed by atoms with Crippen LogP contribution in [0.2, 0.25) is 10.0 Å². The molecular weight excluding hydrogens is 938 g/mol. The fourth-order valence-electron chi connectivity index (χ4n) is 8.89. The molecule has 5 aromatic rings. The first-order valence-electron chi connectivity index (χ1n) is 22.7. The Hall–Kier alpha value is -5.61. The van der Waals surface area contributed by atoms with Crippen molar-refractivity contribution in [1.82, 2.24) is 20.1 Å². The van der Waals surface area contributed by atoms with Crippen LogP contribution in [0.15, 0.2) is 109 Å². The van der Waals surface area contributed by atoms with Gasteiger partial charge in [-0.1, -0.05) is 83.9 Å². The quantitative estimate of drug-likeness (QED) is 0.0843. The second-order valence-electron chi connectivity index (χ2n) is 17.4. The number of pyridine rings is 1. The summed E-state index contributed by atoms with van der Waals surface area (Å²) in [4.78, 5) is 49.7. The molecule has 2 bridgehead atoms. The van der Waals surface area contributed by atoms with Crippen LogP contribution in [0.3, 0.4) is 0 Å². The highest BCUT2D eigenvalue weighted by Crippen LogP contribution is 2.39. The van der Waals surface area contributed by atoms with Crippen LogP contribution in [-0.4, -0.2) is 89.4 Å². The summed E-state index contributed by atoms with van der Waals surface area (Å²) in [6, 6.07) is 28.2. The Bertz CT molecular complexity index is 2570. The van der Waals surface area contributed by atoms with Crippen molar-refractivity contribution in [3.63, 3.8) is 0 Å². The van der Waals surface area contributed by atoms with Gasteiger partial charge >= 0.3 is 18.7 Å². The van der Waals surface area contributed by atoms with E-state index in [4.69, 9.17) is 46.9 Å². The smallest absolute Gasteiger partial charge is 0.408 e. The number of benzene rings is 4. The van der Waals surface area contributed by atoms with E-state index in [1.807, 2.05) is 60.7 Å². The molecule has 2 amide bonds. The lowest BCUT2D eigenvalue weighted by molar-refractivity contribution is -0.151. The van der Waals surface area contributed by atoms with Gasteiger partial charge in [-0.3, -0.25) is 14.7 Å².